The molecule has 0 aromatic carbocycles. The molecule has 1 amide bonds. The molecule has 1 heterocycles. The van der Waals surface area contributed by atoms with Crippen molar-refractivity contribution < 1.29 is 14.3 Å². The Morgan fingerprint density at radius 3 is 3.07 bits per heavy atom. The Bertz CT molecular complexity index is 193. The second-order valence-electron chi connectivity index (χ2n) is 3.87. The van der Waals surface area contributed by atoms with Crippen LogP contribution in [-0.4, -0.2) is 51.5 Å². The van der Waals surface area contributed by atoms with Gasteiger partial charge in [0.15, 0.2) is 0 Å². The average Bonchev–Trinajstić information content (AvgIpc) is 2.67. The monoisotopic (exact) mass is 216 g/mol. The van der Waals surface area contributed by atoms with E-state index in [0.717, 1.165) is 13.0 Å². The van der Waals surface area contributed by atoms with Crippen LogP contribution in [0.2, 0.25) is 0 Å². The van der Waals surface area contributed by atoms with Crippen molar-refractivity contribution in [3.63, 3.8) is 0 Å². The summed E-state index contributed by atoms with van der Waals surface area (Å²) in [6, 6.07) is 0.387. The lowest BCUT2D eigenvalue weighted by Crippen LogP contribution is -2.43. The zero-order chi connectivity index (χ0) is 11.1. The third kappa shape index (κ3) is 5.11. The van der Waals surface area contributed by atoms with E-state index >= 15 is 0 Å². The molecule has 0 aliphatic carbocycles. The Labute approximate surface area is 90.5 Å². The molecular formula is C10H20N2O3. The highest BCUT2D eigenvalue weighted by molar-refractivity contribution is 5.78. The van der Waals surface area contributed by atoms with Crippen LogP contribution in [0.15, 0.2) is 0 Å². The molecule has 5 nitrogen and oxygen atoms in total. The molecule has 2 atom stereocenters. The molecule has 0 saturated carbocycles. The summed E-state index contributed by atoms with van der Waals surface area (Å²) in [5.74, 6) is 0.00597. The lowest BCUT2D eigenvalue weighted by Gasteiger charge is -2.14. The fraction of sp³-hybridized carbons (Fsp3) is 0.900. The summed E-state index contributed by atoms with van der Waals surface area (Å²) < 4.78 is 10.1. The number of methoxy groups -OCH3 is 1. The highest BCUT2D eigenvalue weighted by Gasteiger charge is 2.16. The number of nitrogens with one attached hydrogen (secondary N) is 2. The fourth-order valence-electron chi connectivity index (χ4n) is 1.55. The van der Waals surface area contributed by atoms with Crippen LogP contribution in [0.5, 0.6) is 0 Å². The van der Waals surface area contributed by atoms with Crippen molar-refractivity contribution in [2.75, 3.05) is 33.5 Å². The number of carbonyl (C=O) groups is 1. The van der Waals surface area contributed by atoms with Crippen LogP contribution in [0.25, 0.3) is 0 Å². The smallest absolute Gasteiger partial charge is 0.234 e. The van der Waals surface area contributed by atoms with E-state index in [0.29, 0.717) is 25.8 Å². The second kappa shape index (κ2) is 6.76. The van der Waals surface area contributed by atoms with Gasteiger partial charge < -0.3 is 20.1 Å². The predicted molar refractivity (Wildman–Crippen MR) is 56.7 cm³/mol. The molecule has 0 radical (unpaired) electrons. The van der Waals surface area contributed by atoms with Crippen LogP contribution in [0.3, 0.4) is 0 Å². The van der Waals surface area contributed by atoms with Crippen LogP contribution >= 0.6 is 0 Å². The minimum Gasteiger partial charge on any atom is -0.383 e. The summed E-state index contributed by atoms with van der Waals surface area (Å²) in [7, 11) is 1.62. The quantitative estimate of drug-likeness (QED) is 0.629. The maximum absolute atomic E-state index is 11.4. The van der Waals surface area contributed by atoms with E-state index < -0.39 is 0 Å². The molecule has 0 spiro atoms. The van der Waals surface area contributed by atoms with Crippen LogP contribution in [0.1, 0.15) is 13.3 Å². The highest BCUT2D eigenvalue weighted by atomic mass is 16.5. The van der Waals surface area contributed by atoms with Crippen molar-refractivity contribution in [3.05, 3.63) is 0 Å². The lowest BCUT2D eigenvalue weighted by atomic mass is 10.2. The Hall–Kier alpha value is -0.650. The Morgan fingerprint density at radius 1 is 1.67 bits per heavy atom. The first-order chi connectivity index (χ1) is 7.22. The van der Waals surface area contributed by atoms with E-state index in [1.54, 1.807) is 7.11 Å². The number of hydrogen-bond acceptors (Lipinski definition) is 4. The highest BCUT2D eigenvalue weighted by Crippen LogP contribution is 2.02. The maximum atomic E-state index is 11.4. The summed E-state index contributed by atoms with van der Waals surface area (Å²) in [5.41, 5.74) is 0. The summed E-state index contributed by atoms with van der Waals surface area (Å²) in [6.07, 6.45) is 0.987. The summed E-state index contributed by atoms with van der Waals surface area (Å²) in [5, 5.41) is 5.99. The molecule has 2 unspecified atom stereocenters. The molecule has 0 bridgehead atoms. The molecule has 88 valence electrons. The minimum absolute atomic E-state index is 0.00597. The van der Waals surface area contributed by atoms with E-state index in [9.17, 15) is 4.79 Å². The van der Waals surface area contributed by atoms with Gasteiger partial charge in [-0.3, -0.25) is 4.79 Å². The van der Waals surface area contributed by atoms with E-state index in [1.807, 2.05) is 6.92 Å². The summed E-state index contributed by atoms with van der Waals surface area (Å²) in [4.78, 5) is 11.4. The molecule has 15 heavy (non-hydrogen) atoms. The van der Waals surface area contributed by atoms with Gasteiger partial charge in [-0.2, -0.15) is 0 Å². The van der Waals surface area contributed by atoms with Gasteiger partial charge in [-0.25, -0.2) is 0 Å². The first-order valence-electron chi connectivity index (χ1n) is 5.31. The van der Waals surface area contributed by atoms with Gasteiger partial charge in [-0.05, 0) is 13.3 Å². The molecule has 0 aromatic rings. The number of carbonyl (C=O) groups excluding carboxylic acids is 1. The van der Waals surface area contributed by atoms with Crippen molar-refractivity contribution in [3.8, 4) is 0 Å². The van der Waals surface area contributed by atoms with E-state index in [-0.39, 0.29) is 11.9 Å². The molecular weight excluding hydrogens is 196 g/mol. The normalized spacial score (nSPS) is 22.7. The Balaban J connectivity index is 2.07. The van der Waals surface area contributed by atoms with Gasteiger partial charge in [-0.1, -0.05) is 0 Å². The third-order valence-electron chi connectivity index (χ3n) is 2.31. The van der Waals surface area contributed by atoms with Gasteiger partial charge >= 0.3 is 0 Å². The minimum atomic E-state index is 0.00597. The molecule has 1 aliphatic heterocycles. The average molecular weight is 216 g/mol. The molecule has 5 heteroatoms. The van der Waals surface area contributed by atoms with Crippen molar-refractivity contribution in [2.45, 2.75) is 25.4 Å². The molecule has 1 saturated heterocycles. The van der Waals surface area contributed by atoms with Crippen molar-refractivity contribution in [2.24, 2.45) is 0 Å². The molecule has 1 fully saturated rings. The largest absolute Gasteiger partial charge is 0.383 e. The molecule has 1 aliphatic rings. The Kier molecular flexibility index (Phi) is 5.60. The fourth-order valence-corrected chi connectivity index (χ4v) is 1.55. The predicted octanol–water partition coefficient (Wildman–Crippen LogP) is -0.484. The Morgan fingerprint density at radius 2 is 2.47 bits per heavy atom. The third-order valence-corrected chi connectivity index (χ3v) is 2.31. The summed E-state index contributed by atoms with van der Waals surface area (Å²) in [6.45, 7) is 4.31. The molecule has 1 rings (SSSR count). The van der Waals surface area contributed by atoms with Crippen LogP contribution in [0.4, 0.5) is 0 Å². The van der Waals surface area contributed by atoms with Gasteiger partial charge in [0.2, 0.25) is 5.91 Å². The number of amides is 1. The lowest BCUT2D eigenvalue weighted by molar-refractivity contribution is -0.121. The first-order valence-corrected chi connectivity index (χ1v) is 5.31. The maximum Gasteiger partial charge on any atom is 0.234 e. The van der Waals surface area contributed by atoms with Crippen LogP contribution in [0, 0.1) is 0 Å². The van der Waals surface area contributed by atoms with Gasteiger partial charge in [0.05, 0.1) is 19.8 Å². The zero-order valence-electron chi connectivity index (χ0n) is 9.41. The zero-order valence-corrected chi connectivity index (χ0v) is 9.41. The van der Waals surface area contributed by atoms with Crippen molar-refractivity contribution >= 4 is 5.91 Å². The molecule has 0 aromatic heterocycles. The van der Waals surface area contributed by atoms with E-state index in [1.165, 1.54) is 0 Å². The second-order valence-corrected chi connectivity index (χ2v) is 3.87. The standard InChI is InChI=1S/C10H20N2O3/c1-8(6-14-2)12-10(13)5-11-9-3-4-15-7-9/h8-9,11H,3-7H2,1-2H3,(H,12,13). The SMILES string of the molecule is COCC(C)NC(=O)CNC1CCOC1. The molecule has 2 N–H and O–H groups in total. The number of rotatable bonds is 6. The van der Waals surface area contributed by atoms with Gasteiger partial charge in [0.1, 0.15) is 0 Å². The van der Waals surface area contributed by atoms with Crippen LogP contribution in [-0.2, 0) is 14.3 Å². The number of hydrogen-bond donors (Lipinski definition) is 2. The number of ether oxygens (including phenoxy) is 2. The van der Waals surface area contributed by atoms with Gasteiger partial charge in [0.25, 0.3) is 0 Å². The van der Waals surface area contributed by atoms with Crippen LogP contribution < -0.4 is 10.6 Å². The van der Waals surface area contributed by atoms with E-state index in [4.69, 9.17) is 9.47 Å². The summed E-state index contributed by atoms with van der Waals surface area (Å²) >= 11 is 0. The van der Waals surface area contributed by atoms with Gasteiger partial charge in [0, 0.05) is 25.8 Å². The first kappa shape index (κ1) is 12.4. The van der Waals surface area contributed by atoms with E-state index in [2.05, 4.69) is 10.6 Å². The van der Waals surface area contributed by atoms with Crippen molar-refractivity contribution in [1.29, 1.82) is 0 Å². The van der Waals surface area contributed by atoms with Crippen molar-refractivity contribution in [1.82, 2.24) is 10.6 Å². The topological polar surface area (TPSA) is 59.6 Å². The van der Waals surface area contributed by atoms with Gasteiger partial charge in [-0.15, -0.1) is 0 Å².